The topological polar surface area (TPSA) is 76.0 Å². The number of hydrogen-bond acceptors (Lipinski definition) is 4. The van der Waals surface area contributed by atoms with E-state index in [2.05, 4.69) is 21.4 Å². The number of aromatic nitrogens is 4. The van der Waals surface area contributed by atoms with E-state index in [1.54, 1.807) is 0 Å². The Hall–Kier alpha value is -3.61. The van der Waals surface area contributed by atoms with Crippen molar-refractivity contribution in [3.05, 3.63) is 65.5 Å². The molecular weight excluding hydrogens is 390 g/mol. The zero-order valence-electron chi connectivity index (χ0n) is 17.6. The predicted octanol–water partition coefficient (Wildman–Crippen LogP) is 4.04. The molecule has 7 nitrogen and oxygen atoms in total. The van der Waals surface area contributed by atoms with Crippen LogP contribution in [0.15, 0.2) is 48.7 Å². The van der Waals surface area contributed by atoms with Crippen molar-refractivity contribution in [2.24, 2.45) is 7.05 Å². The maximum atomic E-state index is 13.3. The predicted molar refractivity (Wildman–Crippen MR) is 119 cm³/mol. The van der Waals surface area contributed by atoms with Gasteiger partial charge in [0.05, 0.1) is 17.4 Å². The van der Waals surface area contributed by atoms with E-state index in [0.717, 1.165) is 39.0 Å². The van der Waals surface area contributed by atoms with Crippen LogP contribution in [0.1, 0.15) is 35.9 Å². The van der Waals surface area contributed by atoms with Crippen LogP contribution < -0.4 is 4.74 Å². The zero-order valence-corrected chi connectivity index (χ0v) is 17.6. The summed E-state index contributed by atoms with van der Waals surface area (Å²) in [6, 6.07) is 14.1. The van der Waals surface area contributed by atoms with Crippen molar-refractivity contribution >= 4 is 16.8 Å². The quantitative estimate of drug-likeness (QED) is 0.509. The van der Waals surface area contributed by atoms with Gasteiger partial charge >= 0.3 is 0 Å². The number of nitrogens with zero attached hydrogens (tertiary/aromatic N) is 4. The molecule has 2 aliphatic rings. The van der Waals surface area contributed by atoms with Gasteiger partial charge in [0.2, 0.25) is 0 Å². The molecule has 2 aliphatic heterocycles. The average molecular weight is 415 g/mol. The second-order valence-corrected chi connectivity index (χ2v) is 8.54. The highest BCUT2D eigenvalue weighted by Crippen LogP contribution is 2.49. The number of fused-ring (bicyclic) bond motifs is 5. The summed E-state index contributed by atoms with van der Waals surface area (Å²) in [5.74, 6) is 0.849. The number of hydrogen-bond donors (Lipinski definition) is 1. The van der Waals surface area contributed by atoms with E-state index in [1.165, 1.54) is 0 Å². The molecule has 4 aromatic rings. The minimum Gasteiger partial charge on any atom is -0.482 e. The first kappa shape index (κ1) is 18.2. The van der Waals surface area contributed by atoms with Gasteiger partial charge in [0.25, 0.3) is 5.91 Å². The first-order valence-corrected chi connectivity index (χ1v) is 10.6. The highest BCUT2D eigenvalue weighted by molar-refractivity contribution is 6.04. The van der Waals surface area contributed by atoms with Crippen molar-refractivity contribution in [3.8, 4) is 17.0 Å². The number of ether oxygens (including phenoxy) is 1. The SMILES string of the molecule is Cc1ccc2[nH]nc(C(=O)N3CCC4(CC3)Oc3ccccc3-c3c4cnn3C)c2c1.[HH]. The Morgan fingerprint density at radius 1 is 1.19 bits per heavy atom. The minimum atomic E-state index is -0.459. The number of carbonyl (C=O) groups is 1. The van der Waals surface area contributed by atoms with Crippen LogP contribution in [0.5, 0.6) is 5.75 Å². The van der Waals surface area contributed by atoms with Gasteiger partial charge in [-0.2, -0.15) is 10.2 Å². The fourth-order valence-electron chi connectivity index (χ4n) is 4.99. The molecule has 0 bridgehead atoms. The van der Waals surface area contributed by atoms with Crippen molar-refractivity contribution < 1.29 is 11.0 Å². The van der Waals surface area contributed by atoms with Gasteiger partial charge < -0.3 is 9.64 Å². The number of rotatable bonds is 1. The van der Waals surface area contributed by atoms with Gasteiger partial charge in [0.1, 0.15) is 11.4 Å². The van der Waals surface area contributed by atoms with Crippen molar-refractivity contribution in [1.82, 2.24) is 24.9 Å². The summed E-state index contributed by atoms with van der Waals surface area (Å²) < 4.78 is 8.52. The number of H-pyrrole nitrogens is 1. The van der Waals surface area contributed by atoms with E-state index < -0.39 is 5.60 Å². The van der Waals surface area contributed by atoms with Crippen LogP contribution in [0.3, 0.4) is 0 Å². The van der Waals surface area contributed by atoms with E-state index in [0.29, 0.717) is 31.6 Å². The van der Waals surface area contributed by atoms with Crippen molar-refractivity contribution in [1.29, 1.82) is 0 Å². The van der Waals surface area contributed by atoms with Crippen molar-refractivity contribution in [2.45, 2.75) is 25.4 Å². The number of amides is 1. The van der Waals surface area contributed by atoms with Gasteiger partial charge in [0.15, 0.2) is 5.69 Å². The molecule has 1 spiro atoms. The van der Waals surface area contributed by atoms with Gasteiger partial charge in [-0.25, -0.2) is 0 Å². The first-order valence-electron chi connectivity index (χ1n) is 10.6. The Balaban J connectivity index is 0.00000216. The number of likely N-dealkylation sites (tertiary alicyclic amines) is 1. The van der Waals surface area contributed by atoms with Crippen LogP contribution in [-0.2, 0) is 12.6 Å². The fourth-order valence-corrected chi connectivity index (χ4v) is 4.99. The first-order chi connectivity index (χ1) is 15.1. The van der Waals surface area contributed by atoms with Crippen LogP contribution in [0.2, 0.25) is 0 Å². The second kappa shape index (κ2) is 6.44. The highest BCUT2D eigenvalue weighted by atomic mass is 16.5. The number of benzene rings is 2. The third-order valence-corrected chi connectivity index (χ3v) is 6.66. The monoisotopic (exact) mass is 415 g/mol. The molecule has 0 saturated carbocycles. The molecule has 6 rings (SSSR count). The van der Waals surface area contributed by atoms with E-state index in [-0.39, 0.29) is 7.33 Å². The highest BCUT2D eigenvalue weighted by Gasteiger charge is 2.46. The number of aryl methyl sites for hydroxylation is 2. The summed E-state index contributed by atoms with van der Waals surface area (Å²) in [5, 5.41) is 12.7. The summed E-state index contributed by atoms with van der Waals surface area (Å²) >= 11 is 0. The Morgan fingerprint density at radius 2 is 2.00 bits per heavy atom. The minimum absolute atomic E-state index is 0. The van der Waals surface area contributed by atoms with Gasteiger partial charge in [-0.1, -0.05) is 23.8 Å². The number of piperidine rings is 1. The lowest BCUT2D eigenvalue weighted by Crippen LogP contribution is -2.49. The van der Waals surface area contributed by atoms with Gasteiger partial charge in [-0.15, -0.1) is 0 Å². The van der Waals surface area contributed by atoms with Crippen LogP contribution in [0.4, 0.5) is 0 Å². The van der Waals surface area contributed by atoms with Gasteiger partial charge in [-0.05, 0) is 31.2 Å². The average Bonchev–Trinajstić information content (AvgIpc) is 3.38. The maximum Gasteiger partial charge on any atom is 0.274 e. The Kier molecular flexibility index (Phi) is 3.78. The molecule has 158 valence electrons. The third-order valence-electron chi connectivity index (χ3n) is 6.66. The summed E-state index contributed by atoms with van der Waals surface area (Å²) in [6.07, 6.45) is 3.35. The smallest absolute Gasteiger partial charge is 0.274 e. The molecule has 7 heteroatoms. The van der Waals surface area contributed by atoms with E-state index >= 15 is 0 Å². The lowest BCUT2D eigenvalue weighted by atomic mass is 9.81. The summed E-state index contributed by atoms with van der Waals surface area (Å²) in [6.45, 7) is 3.24. The molecule has 1 fully saturated rings. The Labute approximate surface area is 181 Å². The molecule has 0 radical (unpaired) electrons. The van der Waals surface area contributed by atoms with Gasteiger partial charge in [-0.3, -0.25) is 14.6 Å². The number of para-hydroxylation sites is 1. The molecule has 0 unspecified atom stereocenters. The number of aromatic amines is 1. The molecule has 1 amide bonds. The maximum absolute atomic E-state index is 13.3. The fraction of sp³-hybridized carbons (Fsp3) is 0.292. The molecule has 2 aromatic carbocycles. The third kappa shape index (κ3) is 2.62. The Morgan fingerprint density at radius 3 is 2.84 bits per heavy atom. The largest absolute Gasteiger partial charge is 0.482 e. The second-order valence-electron chi connectivity index (χ2n) is 8.54. The lowest BCUT2D eigenvalue weighted by molar-refractivity contribution is -0.00183. The van der Waals surface area contributed by atoms with Crippen LogP contribution in [-0.4, -0.2) is 43.9 Å². The molecule has 1 N–H and O–H groups in total. The zero-order chi connectivity index (χ0) is 21.2. The Bertz CT molecular complexity index is 1330. The molecule has 31 heavy (non-hydrogen) atoms. The van der Waals surface area contributed by atoms with E-state index in [4.69, 9.17) is 4.74 Å². The molecule has 0 aliphatic carbocycles. The standard InChI is InChI=1S/C24H23N5O2.H2/c1-15-7-8-19-17(13-15)21(27-26-19)23(30)29-11-9-24(10-12-29)18-14-25-28(2)22(18)16-5-3-4-6-20(16)31-24;/h3-8,13-14H,9-12H2,1-2H3,(H,26,27);1H. The number of nitrogens with one attached hydrogen (secondary N) is 1. The van der Waals surface area contributed by atoms with Crippen LogP contribution >= 0.6 is 0 Å². The lowest BCUT2D eigenvalue weighted by Gasteiger charge is -2.44. The van der Waals surface area contributed by atoms with Crippen molar-refractivity contribution in [2.75, 3.05) is 13.1 Å². The van der Waals surface area contributed by atoms with Crippen LogP contribution in [0.25, 0.3) is 22.2 Å². The summed E-state index contributed by atoms with van der Waals surface area (Å²) in [4.78, 5) is 15.2. The summed E-state index contributed by atoms with van der Waals surface area (Å²) in [7, 11) is 1.97. The molecule has 2 aromatic heterocycles. The molecule has 1 saturated heterocycles. The number of carbonyl (C=O) groups excluding carboxylic acids is 1. The molecule has 0 atom stereocenters. The van der Waals surface area contributed by atoms with Gasteiger partial charge in [0, 0.05) is 50.9 Å². The summed E-state index contributed by atoms with van der Waals surface area (Å²) in [5.41, 5.74) is 5.32. The van der Waals surface area contributed by atoms with Crippen molar-refractivity contribution in [3.63, 3.8) is 0 Å². The molecule has 4 heterocycles. The molecular formula is C24H25N5O2. The van der Waals surface area contributed by atoms with Crippen LogP contribution in [0, 0.1) is 6.92 Å². The van der Waals surface area contributed by atoms with E-state index in [9.17, 15) is 4.79 Å². The van der Waals surface area contributed by atoms with E-state index in [1.807, 2.05) is 66.1 Å². The normalized spacial score (nSPS) is 16.8.